The molecular weight excluding hydrogens is 259 g/mol. The van der Waals surface area contributed by atoms with E-state index in [1.165, 1.54) is 18.3 Å². The van der Waals surface area contributed by atoms with Crippen molar-refractivity contribution in [2.75, 3.05) is 5.32 Å². The van der Waals surface area contributed by atoms with E-state index in [9.17, 15) is 9.18 Å². The molecule has 0 saturated heterocycles. The van der Waals surface area contributed by atoms with Crippen LogP contribution in [0.25, 0.3) is 0 Å². The topological polar surface area (TPSA) is 51.2 Å². The van der Waals surface area contributed by atoms with Gasteiger partial charge in [0, 0.05) is 6.20 Å². The molecule has 0 spiro atoms. The number of nitrogens with zero attached hydrogens (tertiary/aromatic N) is 1. The first-order chi connectivity index (χ1) is 9.70. The van der Waals surface area contributed by atoms with Crippen LogP contribution in [0, 0.1) is 5.82 Å². The maximum absolute atomic E-state index is 13.5. The molecule has 1 atom stereocenters. The Balaban J connectivity index is 2.05. The number of nitrogens with one attached hydrogen (secondary N) is 1. The molecule has 0 aliphatic heterocycles. The number of hydrogen-bond acceptors (Lipinski definition) is 3. The van der Waals surface area contributed by atoms with Gasteiger partial charge in [0.25, 0.3) is 5.91 Å². The lowest BCUT2D eigenvalue weighted by molar-refractivity contribution is -0.122. The van der Waals surface area contributed by atoms with Crippen LogP contribution in [0.5, 0.6) is 5.75 Å². The van der Waals surface area contributed by atoms with Crippen molar-refractivity contribution in [2.24, 2.45) is 0 Å². The van der Waals surface area contributed by atoms with Crippen molar-refractivity contribution in [1.82, 2.24) is 4.98 Å². The van der Waals surface area contributed by atoms with Crippen molar-refractivity contribution < 1.29 is 13.9 Å². The van der Waals surface area contributed by atoms with Gasteiger partial charge < -0.3 is 10.1 Å². The Labute approximate surface area is 116 Å². The van der Waals surface area contributed by atoms with E-state index in [2.05, 4.69) is 10.3 Å². The second-order valence-electron chi connectivity index (χ2n) is 4.18. The largest absolute Gasteiger partial charge is 0.478 e. The van der Waals surface area contributed by atoms with Crippen LogP contribution in [0.15, 0.2) is 48.8 Å². The third kappa shape index (κ3) is 3.54. The summed E-state index contributed by atoms with van der Waals surface area (Å²) in [6.07, 6.45) is 2.82. The molecule has 2 aromatic rings. The zero-order valence-electron chi connectivity index (χ0n) is 11.0. The van der Waals surface area contributed by atoms with Crippen LogP contribution in [-0.4, -0.2) is 17.0 Å². The molecular formula is C15H15FN2O2. The third-order valence-corrected chi connectivity index (χ3v) is 2.70. The van der Waals surface area contributed by atoms with Crippen LogP contribution in [0.1, 0.15) is 13.3 Å². The molecule has 0 bridgehead atoms. The second kappa shape index (κ2) is 6.65. The molecule has 0 radical (unpaired) electrons. The predicted octanol–water partition coefficient (Wildman–Crippen LogP) is 3.02. The second-order valence-corrected chi connectivity index (χ2v) is 4.18. The number of anilines is 1. The van der Waals surface area contributed by atoms with Gasteiger partial charge in [-0.2, -0.15) is 0 Å². The number of hydrogen-bond donors (Lipinski definition) is 1. The van der Waals surface area contributed by atoms with Crippen molar-refractivity contribution in [2.45, 2.75) is 19.4 Å². The summed E-state index contributed by atoms with van der Waals surface area (Å²) in [6.45, 7) is 1.80. The molecule has 1 aromatic heterocycles. The van der Waals surface area contributed by atoms with Crippen LogP contribution >= 0.6 is 0 Å². The van der Waals surface area contributed by atoms with E-state index in [0.29, 0.717) is 12.1 Å². The summed E-state index contributed by atoms with van der Waals surface area (Å²) in [6, 6.07) is 9.45. The van der Waals surface area contributed by atoms with Crippen molar-refractivity contribution >= 4 is 11.6 Å². The maximum Gasteiger partial charge on any atom is 0.265 e. The van der Waals surface area contributed by atoms with E-state index in [4.69, 9.17) is 4.74 Å². The fourth-order valence-electron chi connectivity index (χ4n) is 1.68. The fraction of sp³-hybridized carbons (Fsp3) is 0.200. The lowest BCUT2D eigenvalue weighted by Gasteiger charge is -2.17. The predicted molar refractivity (Wildman–Crippen MR) is 74.0 cm³/mol. The average Bonchev–Trinajstić information content (AvgIpc) is 2.47. The number of amides is 1. The molecule has 1 heterocycles. The zero-order valence-corrected chi connectivity index (χ0v) is 11.0. The zero-order chi connectivity index (χ0) is 14.4. The average molecular weight is 274 g/mol. The van der Waals surface area contributed by atoms with Gasteiger partial charge in [0.15, 0.2) is 17.7 Å². The molecule has 104 valence electrons. The molecule has 1 N–H and O–H groups in total. The highest BCUT2D eigenvalue weighted by Crippen LogP contribution is 2.18. The Kier molecular flexibility index (Phi) is 4.65. The number of carbonyl (C=O) groups is 1. The molecule has 0 aliphatic carbocycles. The highest BCUT2D eigenvalue weighted by molar-refractivity contribution is 5.94. The number of rotatable bonds is 5. The Morgan fingerprint density at radius 1 is 1.35 bits per heavy atom. The van der Waals surface area contributed by atoms with Gasteiger partial charge in [0.05, 0.1) is 11.9 Å². The minimum absolute atomic E-state index is 0.0701. The summed E-state index contributed by atoms with van der Waals surface area (Å²) in [5.41, 5.74) is 0.577. The molecule has 0 aliphatic rings. The number of halogens is 1. The highest BCUT2D eigenvalue weighted by Gasteiger charge is 2.19. The smallest absolute Gasteiger partial charge is 0.265 e. The summed E-state index contributed by atoms with van der Waals surface area (Å²) in [4.78, 5) is 16.0. The molecule has 4 nitrogen and oxygen atoms in total. The number of pyridine rings is 1. The van der Waals surface area contributed by atoms with Gasteiger partial charge in [0.2, 0.25) is 0 Å². The van der Waals surface area contributed by atoms with E-state index in [-0.39, 0.29) is 11.7 Å². The lowest BCUT2D eigenvalue weighted by Crippen LogP contribution is -2.32. The molecule has 1 aromatic carbocycles. The maximum atomic E-state index is 13.5. The first-order valence-corrected chi connectivity index (χ1v) is 6.32. The normalized spacial score (nSPS) is 11.7. The Morgan fingerprint density at radius 3 is 2.80 bits per heavy atom. The Hall–Kier alpha value is -2.43. The van der Waals surface area contributed by atoms with Gasteiger partial charge in [-0.3, -0.25) is 9.78 Å². The standard InChI is InChI=1S/C15H15FN2O2/c1-2-13(20-14-8-4-3-7-12(14)16)15(19)18-11-6-5-9-17-10-11/h3-10,13H,2H2,1H3,(H,18,19). The van der Waals surface area contributed by atoms with Crippen LogP contribution in [0.2, 0.25) is 0 Å². The number of benzene rings is 1. The molecule has 1 amide bonds. The van der Waals surface area contributed by atoms with Crippen LogP contribution in [0.4, 0.5) is 10.1 Å². The number of aromatic nitrogens is 1. The fourth-order valence-corrected chi connectivity index (χ4v) is 1.68. The van der Waals surface area contributed by atoms with Gasteiger partial charge in [-0.15, -0.1) is 0 Å². The van der Waals surface area contributed by atoms with Crippen molar-refractivity contribution in [3.05, 3.63) is 54.6 Å². The van der Waals surface area contributed by atoms with Gasteiger partial charge >= 0.3 is 0 Å². The lowest BCUT2D eigenvalue weighted by atomic mass is 10.2. The van der Waals surface area contributed by atoms with E-state index in [1.54, 1.807) is 37.4 Å². The van der Waals surface area contributed by atoms with Crippen molar-refractivity contribution in [3.8, 4) is 5.75 Å². The summed E-state index contributed by atoms with van der Waals surface area (Å²) in [5.74, 6) is -0.746. The van der Waals surface area contributed by atoms with Crippen molar-refractivity contribution in [1.29, 1.82) is 0 Å². The first-order valence-electron chi connectivity index (χ1n) is 6.32. The van der Waals surface area contributed by atoms with E-state index in [1.807, 2.05) is 0 Å². The van der Waals surface area contributed by atoms with E-state index >= 15 is 0 Å². The number of para-hydroxylation sites is 1. The number of ether oxygens (including phenoxy) is 1. The minimum atomic E-state index is -0.757. The van der Waals surface area contributed by atoms with E-state index in [0.717, 1.165) is 0 Å². The summed E-state index contributed by atoms with van der Waals surface area (Å²) in [5, 5.41) is 2.68. The van der Waals surface area contributed by atoms with Gasteiger partial charge in [0.1, 0.15) is 0 Å². The summed E-state index contributed by atoms with van der Waals surface area (Å²) in [7, 11) is 0. The summed E-state index contributed by atoms with van der Waals surface area (Å²) < 4.78 is 18.9. The quantitative estimate of drug-likeness (QED) is 0.911. The molecule has 1 unspecified atom stereocenters. The van der Waals surface area contributed by atoms with Gasteiger partial charge in [-0.1, -0.05) is 19.1 Å². The van der Waals surface area contributed by atoms with Crippen LogP contribution in [-0.2, 0) is 4.79 Å². The molecule has 2 rings (SSSR count). The molecule has 0 saturated carbocycles. The van der Waals surface area contributed by atoms with Gasteiger partial charge in [-0.05, 0) is 30.7 Å². The van der Waals surface area contributed by atoms with Crippen LogP contribution < -0.4 is 10.1 Å². The molecule has 20 heavy (non-hydrogen) atoms. The SMILES string of the molecule is CCC(Oc1ccccc1F)C(=O)Nc1cccnc1. The molecule has 5 heteroatoms. The Morgan fingerprint density at radius 2 is 2.15 bits per heavy atom. The van der Waals surface area contributed by atoms with Crippen molar-refractivity contribution in [3.63, 3.8) is 0 Å². The van der Waals surface area contributed by atoms with Gasteiger partial charge in [-0.25, -0.2) is 4.39 Å². The monoisotopic (exact) mass is 274 g/mol. The highest BCUT2D eigenvalue weighted by atomic mass is 19.1. The van der Waals surface area contributed by atoms with Crippen LogP contribution in [0.3, 0.4) is 0 Å². The third-order valence-electron chi connectivity index (χ3n) is 2.70. The minimum Gasteiger partial charge on any atom is -0.478 e. The number of carbonyl (C=O) groups excluding carboxylic acids is 1. The summed E-state index contributed by atoms with van der Waals surface area (Å²) >= 11 is 0. The Bertz CT molecular complexity index is 575. The van der Waals surface area contributed by atoms with E-state index < -0.39 is 11.9 Å². The first kappa shape index (κ1) is 14.0. The molecule has 0 fully saturated rings.